The van der Waals surface area contributed by atoms with E-state index in [1.807, 2.05) is 55.7 Å². The van der Waals surface area contributed by atoms with Gasteiger partial charge in [-0.2, -0.15) is 11.8 Å². The Bertz CT molecular complexity index is 1170. The first kappa shape index (κ1) is 28.9. The number of aryl methyl sites for hydroxylation is 1. The Balaban J connectivity index is 0.00000432. The van der Waals surface area contributed by atoms with Gasteiger partial charge in [-0.1, -0.05) is 36.4 Å². The summed E-state index contributed by atoms with van der Waals surface area (Å²) < 4.78 is 0. The predicted molar refractivity (Wildman–Crippen MR) is 147 cm³/mol. The van der Waals surface area contributed by atoms with Crippen molar-refractivity contribution in [1.82, 2.24) is 10.3 Å². The molecule has 0 aliphatic rings. The molecule has 1 atom stereocenters. The van der Waals surface area contributed by atoms with Crippen LogP contribution in [-0.2, 0) is 11.2 Å². The van der Waals surface area contributed by atoms with Crippen LogP contribution in [-0.4, -0.2) is 70.6 Å². The van der Waals surface area contributed by atoms with Gasteiger partial charge < -0.3 is 15.5 Å². The first-order valence-electron chi connectivity index (χ1n) is 10.8. The number of aliphatic hydroxyl groups excluding tert-OH is 1. The molecule has 0 spiro atoms. The van der Waals surface area contributed by atoms with E-state index in [4.69, 9.17) is 0 Å². The number of benzene rings is 2. The van der Waals surface area contributed by atoms with E-state index in [0.717, 1.165) is 32.7 Å². The molecule has 35 heavy (non-hydrogen) atoms. The third-order valence-electron chi connectivity index (χ3n) is 5.41. The molecule has 1 amide bonds. The van der Waals surface area contributed by atoms with Gasteiger partial charge in [0, 0.05) is 16.6 Å². The molecule has 0 fully saturated rings. The third kappa shape index (κ3) is 8.09. The van der Waals surface area contributed by atoms with Gasteiger partial charge in [0.1, 0.15) is 6.04 Å². The van der Waals surface area contributed by atoms with Crippen LogP contribution in [0.3, 0.4) is 0 Å². The Hall–Kier alpha value is -2.34. The number of carbonyl (C=O) groups excluding carboxylic acids is 1. The van der Waals surface area contributed by atoms with Crippen LogP contribution in [0.25, 0.3) is 17.2 Å². The summed E-state index contributed by atoms with van der Waals surface area (Å²) in [5.41, 5.74) is 6.59. The van der Waals surface area contributed by atoms with Gasteiger partial charge in [0.2, 0.25) is 0 Å². The second kappa shape index (κ2) is 14.3. The summed E-state index contributed by atoms with van der Waals surface area (Å²) in [6.45, 7) is 1.89. The van der Waals surface area contributed by atoms with Crippen LogP contribution in [0.15, 0.2) is 59.7 Å². The summed E-state index contributed by atoms with van der Waals surface area (Å²) in [4.78, 5) is 29.9. The Morgan fingerprint density at radius 3 is 2.60 bits per heavy atom. The van der Waals surface area contributed by atoms with E-state index >= 15 is 0 Å². The summed E-state index contributed by atoms with van der Waals surface area (Å²) in [6, 6.07) is 12.4. The molecule has 1 aromatic heterocycles. The molecular formula is C26H29LiN2O4S2. The van der Waals surface area contributed by atoms with Crippen LogP contribution < -0.4 is 5.32 Å². The van der Waals surface area contributed by atoms with Crippen LogP contribution in [0.4, 0.5) is 0 Å². The number of nitrogens with one attached hydrogen (secondary N) is 1. The van der Waals surface area contributed by atoms with E-state index in [-0.39, 0.29) is 25.5 Å². The van der Waals surface area contributed by atoms with Crippen molar-refractivity contribution in [1.29, 1.82) is 0 Å². The van der Waals surface area contributed by atoms with Crippen molar-refractivity contribution >= 4 is 59.9 Å². The number of carboxylic acid groups (broad SMARTS) is 1. The third-order valence-corrected chi connectivity index (χ3v) is 6.78. The van der Waals surface area contributed by atoms with E-state index < -0.39 is 17.9 Å². The van der Waals surface area contributed by atoms with Crippen LogP contribution in [0, 0.1) is 6.92 Å². The van der Waals surface area contributed by atoms with Crippen molar-refractivity contribution in [2.24, 2.45) is 0 Å². The molecule has 0 radical (unpaired) electrons. The summed E-state index contributed by atoms with van der Waals surface area (Å²) in [7, 11) is 0. The van der Waals surface area contributed by atoms with Crippen LogP contribution in [0.5, 0.6) is 0 Å². The van der Waals surface area contributed by atoms with Gasteiger partial charge in [-0.25, -0.2) is 4.79 Å². The summed E-state index contributed by atoms with van der Waals surface area (Å²) in [6.07, 6.45) is 6.44. The minimum atomic E-state index is -1.04. The number of rotatable bonds is 11. The monoisotopic (exact) mass is 504 g/mol. The van der Waals surface area contributed by atoms with Crippen LogP contribution in [0.1, 0.15) is 32.8 Å². The molecule has 0 saturated carbocycles. The molecule has 9 heteroatoms. The number of aliphatic carboxylic acids is 1. The van der Waals surface area contributed by atoms with Crippen LogP contribution in [0.2, 0.25) is 0 Å². The fourth-order valence-corrected chi connectivity index (χ4v) is 4.71. The number of carboxylic acids is 1. The Morgan fingerprint density at radius 1 is 1.20 bits per heavy atom. The second-order valence-electron chi connectivity index (χ2n) is 7.88. The van der Waals surface area contributed by atoms with E-state index in [1.54, 1.807) is 17.8 Å². The summed E-state index contributed by atoms with van der Waals surface area (Å²) >= 11 is 3.04. The molecule has 3 N–H and O–H groups in total. The predicted octanol–water partition coefficient (Wildman–Crippen LogP) is 4.02. The number of nitrogens with zero attached hydrogens (tertiary/aromatic N) is 1. The first-order valence-corrected chi connectivity index (χ1v) is 13.1. The van der Waals surface area contributed by atoms with Crippen molar-refractivity contribution in [3.8, 4) is 11.1 Å². The second-order valence-corrected chi connectivity index (χ2v) is 9.79. The Labute approximate surface area is 226 Å². The Morgan fingerprint density at radius 2 is 1.97 bits per heavy atom. The van der Waals surface area contributed by atoms with Gasteiger partial charge in [0.15, 0.2) is 0 Å². The fourth-order valence-electron chi connectivity index (χ4n) is 3.64. The molecule has 1 unspecified atom stereocenters. The van der Waals surface area contributed by atoms with Crippen molar-refractivity contribution in [2.45, 2.75) is 25.8 Å². The summed E-state index contributed by atoms with van der Waals surface area (Å²) in [5, 5.41) is 22.1. The molecule has 3 rings (SSSR count). The average molecular weight is 505 g/mol. The summed E-state index contributed by atoms with van der Waals surface area (Å²) in [5.74, 6) is -0.824. The zero-order chi connectivity index (χ0) is 24.5. The number of amides is 1. The molecule has 180 valence electrons. The van der Waals surface area contributed by atoms with Gasteiger partial charge in [-0.3, -0.25) is 9.78 Å². The standard InChI is InChI=1S/C26H28N2O4S2.Li.H/c1-17-5-3-4-6-21(17)23-13-18(11-19(15-29)12-20-14-27-16-34-20)7-8-22(23)25(30)28-24(26(31)32)9-10-33-2;;/h3-8,12-14,16,24,29H,9-11,15H2,1-2H3,(H,28,30)(H,31,32);;. The van der Waals surface area contributed by atoms with E-state index in [1.165, 1.54) is 23.1 Å². The number of hydrogen-bond donors (Lipinski definition) is 3. The molecule has 2 aromatic carbocycles. The number of aliphatic hydroxyl groups is 1. The normalized spacial score (nSPS) is 12.0. The molecule has 0 saturated heterocycles. The van der Waals surface area contributed by atoms with Crippen LogP contribution >= 0.6 is 23.1 Å². The number of carbonyl (C=O) groups is 2. The van der Waals surface area contributed by atoms with Crippen molar-refractivity contribution < 1.29 is 19.8 Å². The van der Waals surface area contributed by atoms with Crippen molar-refractivity contribution in [3.63, 3.8) is 0 Å². The first-order chi connectivity index (χ1) is 16.4. The number of thioether (sulfide) groups is 1. The average Bonchev–Trinajstić information content (AvgIpc) is 3.34. The van der Waals surface area contributed by atoms with Crippen molar-refractivity contribution in [3.05, 3.63) is 81.3 Å². The molecule has 1 heterocycles. The molecule has 6 nitrogen and oxygen atoms in total. The Kier molecular flexibility index (Phi) is 11.8. The van der Waals surface area contributed by atoms with Gasteiger partial charge in [-0.15, -0.1) is 11.3 Å². The SMILES string of the molecule is CSCCC(NC(=O)c1ccc(CC(=Cc2cncs2)CO)cc1-c1ccccc1C)C(=O)O.[LiH]. The quantitative estimate of drug-likeness (QED) is 0.341. The van der Waals surface area contributed by atoms with Gasteiger partial charge >= 0.3 is 24.8 Å². The van der Waals surface area contributed by atoms with E-state index in [2.05, 4.69) is 10.3 Å². The minimum absolute atomic E-state index is 0. The number of hydrogen-bond acceptors (Lipinski definition) is 6. The molecule has 0 bridgehead atoms. The molecule has 0 aliphatic carbocycles. The maximum atomic E-state index is 13.2. The zero-order valence-electron chi connectivity index (χ0n) is 19.2. The van der Waals surface area contributed by atoms with E-state index in [0.29, 0.717) is 24.2 Å². The van der Waals surface area contributed by atoms with Gasteiger partial charge in [0.25, 0.3) is 5.91 Å². The van der Waals surface area contributed by atoms with Gasteiger partial charge in [0.05, 0.1) is 12.1 Å². The van der Waals surface area contributed by atoms with Gasteiger partial charge in [-0.05, 0) is 71.7 Å². The molecule has 3 aromatic rings. The molecule has 0 aliphatic heterocycles. The zero-order valence-corrected chi connectivity index (χ0v) is 20.8. The fraction of sp³-hybridized carbons (Fsp3) is 0.269. The van der Waals surface area contributed by atoms with Crippen molar-refractivity contribution in [2.75, 3.05) is 18.6 Å². The van der Waals surface area contributed by atoms with E-state index in [9.17, 15) is 19.8 Å². The topological polar surface area (TPSA) is 99.5 Å². The maximum absolute atomic E-state index is 13.2. The molecular weight excluding hydrogens is 475 g/mol. The number of aromatic nitrogens is 1. The number of thiazole rings is 1.